The molecule has 0 bridgehead atoms. The monoisotopic (exact) mass is 292 g/mol. The molecule has 0 aliphatic rings. The Labute approximate surface area is 125 Å². The Bertz CT molecular complexity index is 606. The molecule has 2 aromatic rings. The molecule has 0 aromatic heterocycles. The van der Waals surface area contributed by atoms with E-state index in [4.69, 9.17) is 4.74 Å². The highest BCUT2D eigenvalue weighted by Gasteiger charge is 2.17. The molecule has 114 valence electrons. The fourth-order valence-electron chi connectivity index (χ4n) is 2.14. The molecule has 0 unspecified atom stereocenters. The molecule has 0 aliphatic heterocycles. The van der Waals surface area contributed by atoms with Gasteiger partial charge in [0.15, 0.2) is 17.4 Å². The summed E-state index contributed by atoms with van der Waals surface area (Å²) in [6.07, 6.45) is 0.883. The fourth-order valence-corrected chi connectivity index (χ4v) is 2.14. The molecular formula is C18H22F2O. The normalized spacial score (nSPS) is 9.86. The number of aryl methyl sites for hydroxylation is 1. The topological polar surface area (TPSA) is 9.23 Å². The van der Waals surface area contributed by atoms with Crippen LogP contribution >= 0.6 is 0 Å². The lowest BCUT2D eigenvalue weighted by molar-refractivity contribution is 0.359. The van der Waals surface area contributed by atoms with E-state index in [1.54, 1.807) is 6.92 Å². The van der Waals surface area contributed by atoms with Crippen LogP contribution in [0.5, 0.6) is 5.75 Å². The number of hydrogen-bond acceptors (Lipinski definition) is 1. The molecule has 0 aliphatic carbocycles. The van der Waals surface area contributed by atoms with Crippen LogP contribution in [-0.2, 0) is 6.42 Å². The Hall–Kier alpha value is -1.90. The molecule has 2 rings (SSSR count). The van der Waals surface area contributed by atoms with Crippen molar-refractivity contribution in [2.45, 2.75) is 34.1 Å². The van der Waals surface area contributed by atoms with Gasteiger partial charge in [-0.1, -0.05) is 45.0 Å². The molecular weight excluding hydrogens is 270 g/mol. The summed E-state index contributed by atoms with van der Waals surface area (Å²) in [7, 11) is 1.26. The summed E-state index contributed by atoms with van der Waals surface area (Å²) in [5.74, 6) is -1.64. The van der Waals surface area contributed by atoms with E-state index in [1.165, 1.54) is 13.2 Å². The van der Waals surface area contributed by atoms with Crippen LogP contribution in [0.15, 0.2) is 30.3 Å². The summed E-state index contributed by atoms with van der Waals surface area (Å²) in [5.41, 5.74) is 2.91. The number of halogens is 2. The molecule has 0 atom stereocenters. The van der Waals surface area contributed by atoms with Crippen LogP contribution < -0.4 is 4.74 Å². The molecule has 0 spiro atoms. The largest absolute Gasteiger partial charge is 0.491 e. The third-order valence-corrected chi connectivity index (χ3v) is 3.27. The van der Waals surface area contributed by atoms with Gasteiger partial charge in [-0.2, -0.15) is 0 Å². The van der Waals surface area contributed by atoms with E-state index in [0.717, 1.165) is 17.5 Å². The van der Waals surface area contributed by atoms with Gasteiger partial charge in [-0.25, -0.2) is 8.78 Å². The number of ether oxygens (including phenoxy) is 1. The first-order chi connectivity index (χ1) is 10.1. The van der Waals surface area contributed by atoms with E-state index in [-0.39, 0.29) is 5.75 Å². The second-order valence-corrected chi connectivity index (χ2v) is 4.43. The van der Waals surface area contributed by atoms with Crippen molar-refractivity contribution in [1.82, 2.24) is 0 Å². The summed E-state index contributed by atoms with van der Waals surface area (Å²) < 4.78 is 32.6. The number of benzene rings is 2. The van der Waals surface area contributed by atoms with E-state index >= 15 is 0 Å². The molecule has 1 nitrogen and oxygen atoms in total. The third-order valence-electron chi connectivity index (χ3n) is 3.27. The van der Waals surface area contributed by atoms with Crippen LogP contribution in [0.4, 0.5) is 8.78 Å². The summed E-state index contributed by atoms with van der Waals surface area (Å²) >= 11 is 0. The zero-order valence-electron chi connectivity index (χ0n) is 13.3. The van der Waals surface area contributed by atoms with Crippen molar-refractivity contribution in [3.8, 4) is 16.9 Å². The summed E-state index contributed by atoms with van der Waals surface area (Å²) in [6.45, 7) is 7.67. The Kier molecular flexibility index (Phi) is 6.35. The number of methoxy groups -OCH3 is 1. The maximum Gasteiger partial charge on any atom is 0.190 e. The minimum absolute atomic E-state index is 0.326. The fraction of sp³-hybridized carbons (Fsp3) is 0.333. The lowest BCUT2D eigenvalue weighted by Gasteiger charge is -2.12. The quantitative estimate of drug-likeness (QED) is 0.722. The first-order valence-corrected chi connectivity index (χ1v) is 7.20. The molecule has 0 saturated heterocycles. The van der Waals surface area contributed by atoms with E-state index in [9.17, 15) is 8.78 Å². The summed E-state index contributed by atoms with van der Waals surface area (Å²) in [6, 6.07) is 9.02. The van der Waals surface area contributed by atoms with Crippen molar-refractivity contribution in [2.75, 3.05) is 7.11 Å². The molecule has 0 amide bonds. The van der Waals surface area contributed by atoms with E-state index in [2.05, 4.69) is 0 Å². The molecule has 0 heterocycles. The highest BCUT2D eigenvalue weighted by molar-refractivity contribution is 5.69. The smallest absolute Gasteiger partial charge is 0.190 e. The third kappa shape index (κ3) is 3.60. The number of rotatable bonds is 3. The lowest BCUT2D eigenvalue weighted by atomic mass is 9.97. The SMILES string of the molecule is CC.CCc1cccc(-c2cc(F)c(OC)c(F)c2C)c1. The number of hydrogen-bond donors (Lipinski definition) is 0. The second kappa shape index (κ2) is 7.77. The molecule has 2 aromatic carbocycles. The van der Waals surface area contributed by atoms with Gasteiger partial charge in [0, 0.05) is 0 Å². The van der Waals surface area contributed by atoms with Crippen molar-refractivity contribution in [1.29, 1.82) is 0 Å². The van der Waals surface area contributed by atoms with E-state index in [0.29, 0.717) is 11.1 Å². The molecule has 0 saturated carbocycles. The Balaban J connectivity index is 0.00000106. The van der Waals surface area contributed by atoms with Crippen LogP contribution in [0, 0.1) is 18.6 Å². The molecule has 0 N–H and O–H groups in total. The van der Waals surface area contributed by atoms with Gasteiger partial charge in [0.25, 0.3) is 0 Å². The highest BCUT2D eigenvalue weighted by atomic mass is 19.1. The predicted molar refractivity (Wildman–Crippen MR) is 83.8 cm³/mol. The van der Waals surface area contributed by atoms with Crippen molar-refractivity contribution >= 4 is 0 Å². The Morgan fingerprint density at radius 2 is 1.76 bits per heavy atom. The van der Waals surface area contributed by atoms with Gasteiger partial charge in [0.2, 0.25) is 0 Å². The van der Waals surface area contributed by atoms with Crippen LogP contribution in [0.25, 0.3) is 11.1 Å². The average molecular weight is 292 g/mol. The van der Waals surface area contributed by atoms with Gasteiger partial charge in [0.1, 0.15) is 0 Å². The van der Waals surface area contributed by atoms with Gasteiger partial charge in [-0.05, 0) is 41.7 Å². The van der Waals surface area contributed by atoms with Crippen molar-refractivity contribution in [2.24, 2.45) is 0 Å². The zero-order chi connectivity index (χ0) is 16.0. The first kappa shape index (κ1) is 17.2. The van der Waals surface area contributed by atoms with E-state index in [1.807, 2.05) is 45.0 Å². The maximum absolute atomic E-state index is 14.0. The van der Waals surface area contributed by atoms with Gasteiger partial charge < -0.3 is 4.74 Å². The lowest BCUT2D eigenvalue weighted by Crippen LogP contribution is -1.98. The summed E-state index contributed by atoms with van der Waals surface area (Å²) in [4.78, 5) is 0. The van der Waals surface area contributed by atoms with Gasteiger partial charge in [-0.15, -0.1) is 0 Å². The minimum Gasteiger partial charge on any atom is -0.491 e. The minimum atomic E-state index is -0.678. The van der Waals surface area contributed by atoms with Gasteiger partial charge in [-0.3, -0.25) is 0 Å². The standard InChI is InChI=1S/C16H16F2O.C2H6/c1-4-11-6-5-7-12(8-11)13-9-14(17)16(19-3)15(18)10(13)2;1-2/h5-9H,4H2,1-3H3;1-2H3. The highest BCUT2D eigenvalue weighted by Crippen LogP contribution is 2.33. The molecule has 3 heteroatoms. The van der Waals surface area contributed by atoms with Crippen LogP contribution in [0.1, 0.15) is 31.9 Å². The van der Waals surface area contributed by atoms with Crippen molar-refractivity contribution < 1.29 is 13.5 Å². The molecule has 21 heavy (non-hydrogen) atoms. The van der Waals surface area contributed by atoms with Gasteiger partial charge >= 0.3 is 0 Å². The van der Waals surface area contributed by atoms with Crippen LogP contribution in [-0.4, -0.2) is 7.11 Å². The molecule has 0 fully saturated rings. The predicted octanol–water partition coefficient (Wildman–Crippen LogP) is 5.54. The van der Waals surface area contributed by atoms with Crippen LogP contribution in [0.3, 0.4) is 0 Å². The first-order valence-electron chi connectivity index (χ1n) is 7.20. The van der Waals surface area contributed by atoms with Crippen LogP contribution in [0.2, 0.25) is 0 Å². The summed E-state index contributed by atoms with van der Waals surface area (Å²) in [5, 5.41) is 0. The van der Waals surface area contributed by atoms with Crippen molar-refractivity contribution in [3.63, 3.8) is 0 Å². The average Bonchev–Trinajstić information content (AvgIpc) is 2.53. The molecule has 0 radical (unpaired) electrons. The zero-order valence-corrected chi connectivity index (χ0v) is 13.3. The maximum atomic E-state index is 14.0. The van der Waals surface area contributed by atoms with Crippen molar-refractivity contribution in [3.05, 3.63) is 53.1 Å². The van der Waals surface area contributed by atoms with Gasteiger partial charge in [0.05, 0.1) is 7.11 Å². The van der Waals surface area contributed by atoms with E-state index < -0.39 is 11.6 Å². The second-order valence-electron chi connectivity index (χ2n) is 4.43. The Morgan fingerprint density at radius 3 is 2.33 bits per heavy atom. The Morgan fingerprint density at radius 1 is 1.10 bits per heavy atom.